The lowest BCUT2D eigenvalue weighted by atomic mass is 9.98. The molecule has 1 aromatic carbocycles. The van der Waals surface area contributed by atoms with Gasteiger partial charge in [0, 0.05) is 0 Å². The summed E-state index contributed by atoms with van der Waals surface area (Å²) in [4.78, 5) is 0. The molecule has 1 aliphatic rings. The van der Waals surface area contributed by atoms with Gasteiger partial charge in [0.25, 0.3) is 0 Å². The SMILES string of the molecule is N#CC1(C#N)C(c2ccc(Cl)c(Cl)c2)C1(C#N)C#N. The van der Waals surface area contributed by atoms with Crippen LogP contribution in [0.5, 0.6) is 0 Å². The fourth-order valence-corrected chi connectivity index (χ4v) is 2.63. The van der Waals surface area contributed by atoms with Crippen molar-refractivity contribution in [3.8, 4) is 24.3 Å². The van der Waals surface area contributed by atoms with Gasteiger partial charge in [-0.25, -0.2) is 0 Å². The fourth-order valence-electron chi connectivity index (χ4n) is 2.33. The van der Waals surface area contributed by atoms with Crippen LogP contribution < -0.4 is 0 Å². The summed E-state index contributed by atoms with van der Waals surface area (Å²) < 4.78 is 0. The second kappa shape index (κ2) is 4.15. The number of hydrogen-bond acceptors (Lipinski definition) is 4. The third-order valence-corrected chi connectivity index (χ3v) is 4.13. The summed E-state index contributed by atoms with van der Waals surface area (Å²) in [6, 6.07) is 11.7. The first-order valence-corrected chi connectivity index (χ1v) is 5.88. The van der Waals surface area contributed by atoms with Crippen molar-refractivity contribution in [2.45, 2.75) is 5.92 Å². The second-order valence-electron chi connectivity index (χ2n) is 4.17. The average Bonchev–Trinajstić information content (AvgIpc) is 3.05. The molecular weight excluding hydrogens is 283 g/mol. The highest BCUT2D eigenvalue weighted by Crippen LogP contribution is 2.73. The third-order valence-electron chi connectivity index (χ3n) is 3.39. The lowest BCUT2D eigenvalue weighted by Gasteiger charge is -2.01. The first kappa shape index (κ1) is 13.2. The van der Waals surface area contributed by atoms with Crippen LogP contribution in [-0.4, -0.2) is 0 Å². The minimum absolute atomic E-state index is 0.251. The molecule has 1 fully saturated rings. The van der Waals surface area contributed by atoms with Gasteiger partial charge in [-0.15, -0.1) is 0 Å². The van der Waals surface area contributed by atoms with Gasteiger partial charge in [0.05, 0.1) is 40.2 Å². The summed E-state index contributed by atoms with van der Waals surface area (Å²) >= 11 is 11.7. The molecule has 0 aliphatic heterocycles. The Balaban J connectivity index is 2.62. The average molecular weight is 287 g/mol. The quantitative estimate of drug-likeness (QED) is 0.792. The van der Waals surface area contributed by atoms with Crippen molar-refractivity contribution in [2.24, 2.45) is 10.8 Å². The van der Waals surface area contributed by atoms with E-state index in [1.807, 2.05) is 0 Å². The van der Waals surface area contributed by atoms with Crippen molar-refractivity contribution >= 4 is 23.2 Å². The fraction of sp³-hybridized carbons (Fsp3) is 0.231. The van der Waals surface area contributed by atoms with Crippen LogP contribution in [0.25, 0.3) is 0 Å². The lowest BCUT2D eigenvalue weighted by molar-refractivity contribution is 0.727. The molecule has 6 heteroatoms. The van der Waals surface area contributed by atoms with E-state index in [9.17, 15) is 21.0 Å². The Kier molecular flexibility index (Phi) is 2.88. The molecule has 0 saturated heterocycles. The van der Waals surface area contributed by atoms with Crippen LogP contribution in [0, 0.1) is 56.2 Å². The van der Waals surface area contributed by atoms with E-state index < -0.39 is 16.7 Å². The van der Waals surface area contributed by atoms with Crippen molar-refractivity contribution < 1.29 is 0 Å². The Morgan fingerprint density at radius 2 is 1.32 bits per heavy atom. The molecule has 0 amide bonds. The third kappa shape index (κ3) is 1.43. The Bertz CT molecular complexity index is 661. The van der Waals surface area contributed by atoms with Crippen LogP contribution in [0.2, 0.25) is 10.0 Å². The number of halogens is 2. The number of benzene rings is 1. The van der Waals surface area contributed by atoms with Gasteiger partial charge in [0.15, 0.2) is 10.8 Å². The van der Waals surface area contributed by atoms with Crippen molar-refractivity contribution in [3.63, 3.8) is 0 Å². The largest absolute Gasteiger partial charge is 0.196 e. The monoisotopic (exact) mass is 286 g/mol. The van der Waals surface area contributed by atoms with E-state index in [1.165, 1.54) is 12.1 Å². The molecule has 19 heavy (non-hydrogen) atoms. The highest BCUT2D eigenvalue weighted by Gasteiger charge is 2.82. The van der Waals surface area contributed by atoms with E-state index in [2.05, 4.69) is 0 Å². The molecule has 4 nitrogen and oxygen atoms in total. The van der Waals surface area contributed by atoms with Crippen LogP contribution in [0.15, 0.2) is 18.2 Å². The van der Waals surface area contributed by atoms with Gasteiger partial charge in [-0.2, -0.15) is 21.0 Å². The Morgan fingerprint density at radius 1 is 0.842 bits per heavy atom. The highest BCUT2D eigenvalue weighted by atomic mass is 35.5. The number of rotatable bonds is 1. The van der Waals surface area contributed by atoms with E-state index in [1.54, 1.807) is 30.3 Å². The smallest absolute Gasteiger partial charge is 0.185 e. The van der Waals surface area contributed by atoms with Crippen LogP contribution in [0.4, 0.5) is 0 Å². The summed E-state index contributed by atoms with van der Waals surface area (Å²) in [5.41, 5.74) is -2.83. The maximum absolute atomic E-state index is 9.18. The Labute approximate surface area is 119 Å². The molecule has 90 valence electrons. The van der Waals surface area contributed by atoms with Gasteiger partial charge in [0.1, 0.15) is 0 Å². The molecule has 1 aliphatic carbocycles. The molecular formula is C13H4Cl2N4. The predicted octanol–water partition coefficient (Wildman–Crippen LogP) is 3.16. The Hall–Kier alpha value is -2.24. The minimum atomic E-state index is -1.66. The zero-order chi connectivity index (χ0) is 14.3. The molecule has 0 heterocycles. The first-order chi connectivity index (χ1) is 9.02. The van der Waals surface area contributed by atoms with Crippen LogP contribution in [-0.2, 0) is 0 Å². The van der Waals surface area contributed by atoms with E-state index in [0.29, 0.717) is 10.6 Å². The standard InChI is InChI=1S/C13H4Cl2N4/c14-9-2-1-8(3-10(9)15)11-12(4-16,5-17)13(11,6-18)7-19/h1-3,11H. The van der Waals surface area contributed by atoms with Crippen molar-refractivity contribution in [1.82, 2.24) is 0 Å². The topological polar surface area (TPSA) is 95.2 Å². The van der Waals surface area contributed by atoms with E-state index >= 15 is 0 Å². The summed E-state index contributed by atoms with van der Waals surface area (Å²) in [6.07, 6.45) is 0. The highest BCUT2D eigenvalue weighted by molar-refractivity contribution is 6.42. The normalized spacial score (nSPS) is 18.4. The second-order valence-corrected chi connectivity index (χ2v) is 4.98. The van der Waals surface area contributed by atoms with Crippen molar-refractivity contribution in [1.29, 1.82) is 21.0 Å². The molecule has 0 N–H and O–H groups in total. The van der Waals surface area contributed by atoms with Gasteiger partial charge in [-0.1, -0.05) is 29.3 Å². The molecule has 1 saturated carbocycles. The molecule has 0 unspecified atom stereocenters. The van der Waals surface area contributed by atoms with Gasteiger partial charge < -0.3 is 0 Å². The molecule has 0 spiro atoms. The van der Waals surface area contributed by atoms with Gasteiger partial charge in [-0.3, -0.25) is 0 Å². The maximum atomic E-state index is 9.18. The summed E-state index contributed by atoms with van der Waals surface area (Å²) in [6.45, 7) is 0. The summed E-state index contributed by atoms with van der Waals surface area (Å²) in [7, 11) is 0. The molecule has 0 radical (unpaired) electrons. The zero-order valence-electron chi connectivity index (χ0n) is 9.35. The molecule has 2 rings (SSSR count). The van der Waals surface area contributed by atoms with Gasteiger partial charge in [-0.05, 0) is 17.7 Å². The molecule has 0 atom stereocenters. The zero-order valence-corrected chi connectivity index (χ0v) is 10.9. The number of hydrogen-bond donors (Lipinski definition) is 0. The van der Waals surface area contributed by atoms with E-state index in [-0.39, 0.29) is 5.02 Å². The van der Waals surface area contributed by atoms with E-state index in [0.717, 1.165) is 0 Å². The molecule has 0 aromatic heterocycles. The first-order valence-electron chi connectivity index (χ1n) is 5.13. The van der Waals surface area contributed by atoms with Gasteiger partial charge in [0.2, 0.25) is 0 Å². The van der Waals surface area contributed by atoms with E-state index in [4.69, 9.17) is 23.2 Å². The van der Waals surface area contributed by atoms with Crippen molar-refractivity contribution in [3.05, 3.63) is 33.8 Å². The molecule has 1 aromatic rings. The Morgan fingerprint density at radius 3 is 1.68 bits per heavy atom. The summed E-state index contributed by atoms with van der Waals surface area (Å²) in [5.74, 6) is -0.806. The lowest BCUT2D eigenvalue weighted by Crippen LogP contribution is -2.05. The van der Waals surface area contributed by atoms with Crippen molar-refractivity contribution in [2.75, 3.05) is 0 Å². The van der Waals surface area contributed by atoms with Crippen LogP contribution in [0.1, 0.15) is 11.5 Å². The van der Waals surface area contributed by atoms with Gasteiger partial charge >= 0.3 is 0 Å². The maximum Gasteiger partial charge on any atom is 0.185 e. The number of nitrogens with zero attached hydrogens (tertiary/aromatic N) is 4. The predicted molar refractivity (Wildman–Crippen MR) is 66.5 cm³/mol. The summed E-state index contributed by atoms with van der Waals surface area (Å²) in [5, 5.41) is 37.3. The van der Waals surface area contributed by atoms with Crippen LogP contribution >= 0.6 is 23.2 Å². The number of nitriles is 4. The molecule has 0 bridgehead atoms. The van der Waals surface area contributed by atoms with Crippen LogP contribution in [0.3, 0.4) is 0 Å². The minimum Gasteiger partial charge on any atom is -0.196 e.